The predicted octanol–water partition coefficient (Wildman–Crippen LogP) is 1.74. The molecular weight excluding hydrogens is 250 g/mol. The maximum atomic E-state index is 12.0. The molecule has 0 aromatic carbocycles. The lowest BCUT2D eigenvalue weighted by Gasteiger charge is -2.31. The van der Waals surface area contributed by atoms with Crippen LogP contribution in [0.15, 0.2) is 0 Å². The first kappa shape index (κ1) is 15.8. The third-order valence-corrected chi connectivity index (χ3v) is 5.16. The van der Waals surface area contributed by atoms with Crippen molar-refractivity contribution in [2.75, 3.05) is 26.2 Å². The molecule has 2 unspecified atom stereocenters. The van der Waals surface area contributed by atoms with Gasteiger partial charge in [-0.3, -0.25) is 4.79 Å². The third-order valence-electron chi connectivity index (χ3n) is 5.16. The second kappa shape index (κ2) is 7.99. The van der Waals surface area contributed by atoms with Crippen molar-refractivity contribution in [3.05, 3.63) is 0 Å². The van der Waals surface area contributed by atoms with Crippen molar-refractivity contribution in [3.63, 3.8) is 0 Å². The summed E-state index contributed by atoms with van der Waals surface area (Å²) in [5.74, 6) is 1.29. The number of carbonyl (C=O) groups excluding carboxylic acids is 1. The smallest absolute Gasteiger partial charge is 0.220 e. The van der Waals surface area contributed by atoms with Crippen LogP contribution in [0.25, 0.3) is 0 Å². The summed E-state index contributed by atoms with van der Waals surface area (Å²) in [6.07, 6.45) is 7.76. The summed E-state index contributed by atoms with van der Waals surface area (Å²) in [5, 5.41) is 3.14. The van der Waals surface area contributed by atoms with E-state index >= 15 is 0 Å². The van der Waals surface area contributed by atoms with Crippen LogP contribution in [0.1, 0.15) is 51.9 Å². The van der Waals surface area contributed by atoms with Crippen molar-refractivity contribution in [2.24, 2.45) is 17.6 Å². The van der Waals surface area contributed by atoms with E-state index in [9.17, 15) is 4.79 Å². The Morgan fingerprint density at radius 2 is 1.90 bits per heavy atom. The molecule has 1 aliphatic carbocycles. The van der Waals surface area contributed by atoms with E-state index in [1.807, 2.05) is 0 Å². The summed E-state index contributed by atoms with van der Waals surface area (Å²) in [4.78, 5) is 14.5. The number of rotatable bonds is 5. The van der Waals surface area contributed by atoms with Gasteiger partial charge in [-0.15, -0.1) is 0 Å². The van der Waals surface area contributed by atoms with Gasteiger partial charge < -0.3 is 16.0 Å². The Hall–Kier alpha value is -0.610. The van der Waals surface area contributed by atoms with Crippen molar-refractivity contribution in [1.82, 2.24) is 10.2 Å². The minimum Gasteiger partial charge on any atom is -0.356 e. The monoisotopic (exact) mass is 281 g/mol. The molecule has 20 heavy (non-hydrogen) atoms. The molecule has 4 heteroatoms. The second-order valence-corrected chi connectivity index (χ2v) is 6.59. The van der Waals surface area contributed by atoms with Crippen LogP contribution in [0.4, 0.5) is 0 Å². The van der Waals surface area contributed by atoms with Gasteiger partial charge in [-0.05, 0) is 57.2 Å². The number of hydrogen-bond acceptors (Lipinski definition) is 3. The van der Waals surface area contributed by atoms with Crippen molar-refractivity contribution < 1.29 is 4.79 Å². The van der Waals surface area contributed by atoms with E-state index in [0.29, 0.717) is 18.3 Å². The van der Waals surface area contributed by atoms with Crippen molar-refractivity contribution in [2.45, 2.75) is 57.9 Å². The number of nitrogens with one attached hydrogen (secondary N) is 1. The van der Waals surface area contributed by atoms with Crippen LogP contribution in [0, 0.1) is 11.8 Å². The zero-order valence-corrected chi connectivity index (χ0v) is 12.9. The van der Waals surface area contributed by atoms with Gasteiger partial charge in [-0.1, -0.05) is 19.8 Å². The quantitative estimate of drug-likeness (QED) is 0.807. The van der Waals surface area contributed by atoms with E-state index in [4.69, 9.17) is 5.73 Å². The first-order valence-corrected chi connectivity index (χ1v) is 8.43. The van der Waals surface area contributed by atoms with Crippen LogP contribution >= 0.6 is 0 Å². The van der Waals surface area contributed by atoms with Crippen LogP contribution in [-0.2, 0) is 4.79 Å². The van der Waals surface area contributed by atoms with E-state index in [1.165, 1.54) is 38.8 Å². The van der Waals surface area contributed by atoms with Crippen LogP contribution in [0.3, 0.4) is 0 Å². The number of piperidine rings is 1. The molecule has 0 bridgehead atoms. The molecule has 1 aliphatic heterocycles. The number of amides is 1. The SMILES string of the molecule is CCN1CCC(CNC(=O)CC2CCCCC2N)CC1. The number of hydrogen-bond donors (Lipinski definition) is 2. The molecule has 1 heterocycles. The zero-order valence-electron chi connectivity index (χ0n) is 12.9. The van der Waals surface area contributed by atoms with Gasteiger partial charge in [0, 0.05) is 19.0 Å². The van der Waals surface area contributed by atoms with Gasteiger partial charge >= 0.3 is 0 Å². The number of likely N-dealkylation sites (tertiary alicyclic amines) is 1. The molecule has 1 saturated carbocycles. The zero-order chi connectivity index (χ0) is 14.4. The van der Waals surface area contributed by atoms with E-state index in [1.54, 1.807) is 0 Å². The first-order chi connectivity index (χ1) is 9.69. The van der Waals surface area contributed by atoms with E-state index in [-0.39, 0.29) is 11.9 Å². The third kappa shape index (κ3) is 4.74. The maximum absolute atomic E-state index is 12.0. The van der Waals surface area contributed by atoms with Crippen LogP contribution in [0.2, 0.25) is 0 Å². The summed E-state index contributed by atoms with van der Waals surface area (Å²) in [5.41, 5.74) is 6.11. The molecule has 1 amide bonds. The highest BCUT2D eigenvalue weighted by molar-refractivity contribution is 5.76. The number of nitrogens with two attached hydrogens (primary N) is 1. The highest BCUT2D eigenvalue weighted by atomic mass is 16.1. The number of nitrogens with zero attached hydrogens (tertiary/aromatic N) is 1. The molecule has 2 fully saturated rings. The van der Waals surface area contributed by atoms with E-state index in [0.717, 1.165) is 25.9 Å². The van der Waals surface area contributed by atoms with E-state index in [2.05, 4.69) is 17.1 Å². The van der Waals surface area contributed by atoms with Gasteiger partial charge in [-0.2, -0.15) is 0 Å². The topological polar surface area (TPSA) is 58.4 Å². The normalized spacial score (nSPS) is 29.3. The van der Waals surface area contributed by atoms with Gasteiger partial charge in [0.2, 0.25) is 5.91 Å². The maximum Gasteiger partial charge on any atom is 0.220 e. The molecule has 2 atom stereocenters. The Labute approximate surface area is 123 Å². The Bertz CT molecular complexity index is 300. The summed E-state index contributed by atoms with van der Waals surface area (Å²) in [6, 6.07) is 0.238. The lowest BCUT2D eigenvalue weighted by atomic mass is 9.83. The molecule has 2 aliphatic rings. The summed E-state index contributed by atoms with van der Waals surface area (Å²) < 4.78 is 0. The standard InChI is InChI=1S/C16H31N3O/c1-2-19-9-7-13(8-10-19)12-18-16(20)11-14-5-3-4-6-15(14)17/h13-15H,2-12,17H2,1H3,(H,18,20). The first-order valence-electron chi connectivity index (χ1n) is 8.43. The average molecular weight is 281 g/mol. The molecule has 4 nitrogen and oxygen atoms in total. The van der Waals surface area contributed by atoms with Crippen molar-refractivity contribution in [3.8, 4) is 0 Å². The molecule has 0 radical (unpaired) electrons. The Kier molecular flexibility index (Phi) is 6.30. The van der Waals surface area contributed by atoms with E-state index < -0.39 is 0 Å². The summed E-state index contributed by atoms with van der Waals surface area (Å²) >= 11 is 0. The fourth-order valence-electron chi connectivity index (χ4n) is 3.57. The predicted molar refractivity (Wildman–Crippen MR) is 82.4 cm³/mol. The molecule has 2 rings (SSSR count). The summed E-state index contributed by atoms with van der Waals surface area (Å²) in [6.45, 7) is 6.60. The molecule has 1 saturated heterocycles. The largest absolute Gasteiger partial charge is 0.356 e. The Morgan fingerprint density at radius 1 is 1.20 bits per heavy atom. The van der Waals surface area contributed by atoms with Gasteiger partial charge in [0.25, 0.3) is 0 Å². The fourth-order valence-corrected chi connectivity index (χ4v) is 3.57. The van der Waals surface area contributed by atoms with Crippen LogP contribution in [-0.4, -0.2) is 43.0 Å². The van der Waals surface area contributed by atoms with Gasteiger partial charge in [0.15, 0.2) is 0 Å². The van der Waals surface area contributed by atoms with Crippen LogP contribution < -0.4 is 11.1 Å². The average Bonchev–Trinajstić information content (AvgIpc) is 2.48. The molecule has 3 N–H and O–H groups in total. The van der Waals surface area contributed by atoms with Gasteiger partial charge in [-0.25, -0.2) is 0 Å². The molecule has 0 spiro atoms. The Morgan fingerprint density at radius 3 is 2.55 bits per heavy atom. The second-order valence-electron chi connectivity index (χ2n) is 6.59. The molecule has 0 aromatic heterocycles. The van der Waals surface area contributed by atoms with Crippen molar-refractivity contribution >= 4 is 5.91 Å². The fraction of sp³-hybridized carbons (Fsp3) is 0.938. The highest BCUT2D eigenvalue weighted by Crippen LogP contribution is 2.25. The Balaban J connectivity index is 1.62. The van der Waals surface area contributed by atoms with Crippen LogP contribution in [0.5, 0.6) is 0 Å². The van der Waals surface area contributed by atoms with Gasteiger partial charge in [0.1, 0.15) is 0 Å². The van der Waals surface area contributed by atoms with Crippen molar-refractivity contribution in [1.29, 1.82) is 0 Å². The molecular formula is C16H31N3O. The molecule has 0 aromatic rings. The lowest BCUT2D eigenvalue weighted by molar-refractivity contribution is -0.122. The minimum atomic E-state index is 0.213. The molecule has 116 valence electrons. The number of carbonyl (C=O) groups is 1. The highest BCUT2D eigenvalue weighted by Gasteiger charge is 2.24. The minimum absolute atomic E-state index is 0.213. The van der Waals surface area contributed by atoms with Gasteiger partial charge in [0.05, 0.1) is 0 Å². The summed E-state index contributed by atoms with van der Waals surface area (Å²) in [7, 11) is 0. The lowest BCUT2D eigenvalue weighted by Crippen LogP contribution is -2.40.